The number of carbonyl (C=O) groups excluding carboxylic acids is 2. The molecule has 1 N–H and O–H groups in total. The first-order valence-electron chi connectivity index (χ1n) is 8.77. The first-order chi connectivity index (χ1) is 14.0. The van der Waals surface area contributed by atoms with E-state index in [4.69, 9.17) is 16.3 Å². The zero-order chi connectivity index (χ0) is 20.8. The monoisotopic (exact) mass is 429 g/mol. The van der Waals surface area contributed by atoms with Crippen LogP contribution in [0.15, 0.2) is 60.0 Å². The quantitative estimate of drug-likeness (QED) is 0.384. The molecule has 0 spiro atoms. The van der Waals surface area contributed by atoms with Gasteiger partial charge in [-0.3, -0.25) is 4.79 Å². The second-order valence-corrected chi connectivity index (χ2v) is 7.27. The fourth-order valence-corrected chi connectivity index (χ4v) is 3.68. The number of ether oxygens (including phenoxy) is 1. The molecule has 0 fully saturated rings. The van der Waals surface area contributed by atoms with Gasteiger partial charge in [-0.05, 0) is 48.4 Å². The van der Waals surface area contributed by atoms with Crippen molar-refractivity contribution in [2.24, 2.45) is 0 Å². The summed E-state index contributed by atoms with van der Waals surface area (Å²) in [5.41, 5.74) is 2.29. The number of rotatable bonds is 6. The van der Waals surface area contributed by atoms with E-state index in [1.54, 1.807) is 54.8 Å². The van der Waals surface area contributed by atoms with Gasteiger partial charge in [0, 0.05) is 22.0 Å². The maximum absolute atomic E-state index is 13.2. The van der Waals surface area contributed by atoms with Crippen molar-refractivity contribution in [1.82, 2.24) is 0 Å². The highest BCUT2D eigenvalue weighted by Gasteiger charge is 2.22. The van der Waals surface area contributed by atoms with E-state index in [-0.39, 0.29) is 18.0 Å². The van der Waals surface area contributed by atoms with Crippen LogP contribution in [0.5, 0.6) is 0 Å². The van der Waals surface area contributed by atoms with Crippen molar-refractivity contribution >= 4 is 45.9 Å². The smallest absolute Gasteiger partial charge is 0.341 e. The lowest BCUT2D eigenvalue weighted by atomic mass is 10.0. The summed E-state index contributed by atoms with van der Waals surface area (Å²) in [6, 6.07) is 12.8. The van der Waals surface area contributed by atoms with Crippen LogP contribution in [0.3, 0.4) is 0 Å². The van der Waals surface area contributed by atoms with Gasteiger partial charge in [-0.15, -0.1) is 11.3 Å². The number of hydrogen-bond acceptors (Lipinski definition) is 4. The van der Waals surface area contributed by atoms with Crippen LogP contribution in [0, 0.1) is 5.82 Å². The second kappa shape index (κ2) is 9.49. The Morgan fingerprint density at radius 3 is 2.48 bits per heavy atom. The molecule has 0 bridgehead atoms. The number of carbonyl (C=O) groups is 2. The fraction of sp³-hybridized carbons (Fsp3) is 0.0909. The number of benzene rings is 2. The van der Waals surface area contributed by atoms with Crippen LogP contribution in [-0.2, 0) is 9.53 Å². The molecule has 0 radical (unpaired) electrons. The SMILES string of the molecule is CCOC(=O)c1c(-c2ccc(F)cc2)csc1NC(=O)C=Cc1ccc(Cl)cc1. The minimum absolute atomic E-state index is 0.196. The average Bonchev–Trinajstić information content (AvgIpc) is 3.12. The van der Waals surface area contributed by atoms with Crippen molar-refractivity contribution in [3.63, 3.8) is 0 Å². The van der Waals surface area contributed by atoms with Gasteiger partial charge in [-0.1, -0.05) is 35.9 Å². The second-order valence-electron chi connectivity index (χ2n) is 5.96. The lowest BCUT2D eigenvalue weighted by molar-refractivity contribution is -0.111. The van der Waals surface area contributed by atoms with Gasteiger partial charge in [-0.25, -0.2) is 9.18 Å². The minimum Gasteiger partial charge on any atom is -0.462 e. The molecule has 0 aliphatic heterocycles. The molecule has 7 heteroatoms. The van der Waals surface area contributed by atoms with Crippen molar-refractivity contribution < 1.29 is 18.7 Å². The summed E-state index contributed by atoms with van der Waals surface area (Å²) in [6.45, 7) is 1.90. The van der Waals surface area contributed by atoms with Gasteiger partial charge in [-0.2, -0.15) is 0 Å². The van der Waals surface area contributed by atoms with E-state index in [1.807, 2.05) is 0 Å². The molecule has 148 valence electrons. The fourth-order valence-electron chi connectivity index (χ4n) is 2.60. The van der Waals surface area contributed by atoms with Crippen molar-refractivity contribution in [3.8, 4) is 11.1 Å². The Bertz CT molecular complexity index is 1040. The number of hydrogen-bond donors (Lipinski definition) is 1. The van der Waals surface area contributed by atoms with Gasteiger partial charge in [0.25, 0.3) is 0 Å². The first-order valence-corrected chi connectivity index (χ1v) is 10.0. The van der Waals surface area contributed by atoms with Gasteiger partial charge in [0.05, 0.1) is 6.61 Å². The summed E-state index contributed by atoms with van der Waals surface area (Å²) in [6.07, 6.45) is 3.01. The zero-order valence-electron chi connectivity index (χ0n) is 15.4. The molecule has 0 saturated heterocycles. The Morgan fingerprint density at radius 2 is 1.83 bits per heavy atom. The Kier molecular flexibility index (Phi) is 6.80. The van der Waals surface area contributed by atoms with E-state index in [0.29, 0.717) is 21.2 Å². The van der Waals surface area contributed by atoms with E-state index < -0.39 is 11.9 Å². The highest BCUT2D eigenvalue weighted by molar-refractivity contribution is 7.15. The summed E-state index contributed by atoms with van der Waals surface area (Å²) < 4.78 is 18.4. The minimum atomic E-state index is -0.551. The highest BCUT2D eigenvalue weighted by atomic mass is 35.5. The van der Waals surface area contributed by atoms with Gasteiger partial charge in [0.1, 0.15) is 16.4 Å². The molecule has 4 nitrogen and oxygen atoms in total. The maximum Gasteiger partial charge on any atom is 0.341 e. The van der Waals surface area contributed by atoms with Crippen molar-refractivity contribution in [2.45, 2.75) is 6.92 Å². The van der Waals surface area contributed by atoms with E-state index in [0.717, 1.165) is 5.56 Å². The molecule has 29 heavy (non-hydrogen) atoms. The molecular formula is C22H17ClFNO3S. The Hall–Kier alpha value is -2.96. The summed E-state index contributed by atoms with van der Waals surface area (Å²) in [5, 5.41) is 5.44. The van der Waals surface area contributed by atoms with Gasteiger partial charge in [0.15, 0.2) is 0 Å². The Morgan fingerprint density at radius 1 is 1.14 bits per heavy atom. The summed E-state index contributed by atoms with van der Waals surface area (Å²) in [7, 11) is 0. The third-order valence-electron chi connectivity index (χ3n) is 3.96. The van der Waals surface area contributed by atoms with Gasteiger partial charge >= 0.3 is 5.97 Å². The van der Waals surface area contributed by atoms with Crippen LogP contribution in [0.1, 0.15) is 22.8 Å². The lowest BCUT2D eigenvalue weighted by Crippen LogP contribution is -2.12. The Balaban J connectivity index is 1.86. The number of halogens is 2. The van der Waals surface area contributed by atoms with Gasteiger partial charge in [0.2, 0.25) is 5.91 Å². The molecular weight excluding hydrogens is 413 g/mol. The lowest BCUT2D eigenvalue weighted by Gasteiger charge is -2.08. The summed E-state index contributed by atoms with van der Waals surface area (Å²) in [4.78, 5) is 24.9. The third kappa shape index (κ3) is 5.31. The zero-order valence-corrected chi connectivity index (χ0v) is 17.0. The summed E-state index contributed by atoms with van der Waals surface area (Å²) in [5.74, 6) is -1.31. The van der Waals surface area contributed by atoms with E-state index >= 15 is 0 Å². The molecule has 0 aliphatic carbocycles. The number of nitrogens with one attached hydrogen (secondary N) is 1. The molecule has 0 aliphatic rings. The van der Waals surface area contributed by atoms with Crippen LogP contribution in [-0.4, -0.2) is 18.5 Å². The molecule has 0 atom stereocenters. The maximum atomic E-state index is 13.2. The predicted molar refractivity (Wildman–Crippen MR) is 115 cm³/mol. The van der Waals surface area contributed by atoms with E-state index in [2.05, 4.69) is 5.32 Å². The third-order valence-corrected chi connectivity index (χ3v) is 5.11. The number of amides is 1. The van der Waals surface area contributed by atoms with Crippen LogP contribution in [0.4, 0.5) is 9.39 Å². The van der Waals surface area contributed by atoms with Crippen LogP contribution in [0.2, 0.25) is 5.02 Å². The standard InChI is InChI=1S/C22H17ClFNO3S/c1-2-28-22(27)20-18(15-6-10-17(24)11-7-15)13-29-21(20)25-19(26)12-5-14-3-8-16(23)9-4-14/h3-13H,2H2,1H3,(H,25,26). The van der Waals surface area contributed by atoms with Gasteiger partial charge < -0.3 is 10.1 Å². The number of esters is 1. The molecule has 1 aromatic heterocycles. The largest absolute Gasteiger partial charge is 0.462 e. The summed E-state index contributed by atoms with van der Waals surface area (Å²) >= 11 is 7.05. The molecule has 0 saturated carbocycles. The number of anilines is 1. The van der Waals surface area contributed by atoms with Crippen molar-refractivity contribution in [1.29, 1.82) is 0 Å². The molecule has 3 rings (SSSR count). The molecule has 1 heterocycles. The number of thiophene rings is 1. The molecule has 1 amide bonds. The Labute approximate surface area is 176 Å². The first kappa shape index (κ1) is 20.8. The van der Waals surface area contributed by atoms with Crippen LogP contribution in [0.25, 0.3) is 17.2 Å². The molecule has 0 unspecified atom stereocenters. The highest BCUT2D eigenvalue weighted by Crippen LogP contribution is 2.36. The normalized spacial score (nSPS) is 10.9. The van der Waals surface area contributed by atoms with Crippen molar-refractivity contribution in [3.05, 3.63) is 82.0 Å². The topological polar surface area (TPSA) is 55.4 Å². The molecule has 3 aromatic rings. The molecule has 2 aromatic carbocycles. The van der Waals surface area contributed by atoms with Crippen LogP contribution >= 0.6 is 22.9 Å². The van der Waals surface area contributed by atoms with Crippen molar-refractivity contribution in [2.75, 3.05) is 11.9 Å². The predicted octanol–water partition coefficient (Wildman–Crippen LogP) is 6.04. The average molecular weight is 430 g/mol. The van der Waals surface area contributed by atoms with E-state index in [9.17, 15) is 14.0 Å². The van der Waals surface area contributed by atoms with Crippen LogP contribution < -0.4 is 5.32 Å². The van der Waals surface area contributed by atoms with E-state index in [1.165, 1.54) is 29.5 Å².